The molecule has 0 aromatic rings. The lowest BCUT2D eigenvalue weighted by Gasteiger charge is -2.26. The highest BCUT2D eigenvalue weighted by Crippen LogP contribution is 2.29. The average molecular weight is 267 g/mol. The Labute approximate surface area is 113 Å². The number of ether oxygens (including phenoxy) is 1. The molecule has 0 saturated carbocycles. The second kappa shape index (κ2) is 5.55. The van der Waals surface area contributed by atoms with Crippen molar-refractivity contribution in [1.82, 2.24) is 4.90 Å². The van der Waals surface area contributed by atoms with Crippen molar-refractivity contribution in [3.63, 3.8) is 0 Å². The number of amides is 2. The molecular weight excluding hydrogens is 246 g/mol. The Balaban J connectivity index is 2.94. The van der Waals surface area contributed by atoms with Crippen LogP contribution in [0.3, 0.4) is 0 Å². The highest BCUT2D eigenvalue weighted by atomic mass is 16.6. The Morgan fingerprint density at radius 1 is 1.47 bits per heavy atom. The highest BCUT2D eigenvalue weighted by molar-refractivity contribution is 6.01. The van der Waals surface area contributed by atoms with Crippen molar-refractivity contribution in [2.24, 2.45) is 5.92 Å². The molecule has 2 amide bonds. The standard InChI is InChI=1S/C14H21NO4/c1-6-7-10-8-11(9(2)16)15(12(10)17)13(18)19-14(3,4)5/h6,10-11H,1,7-8H2,2-5H3. The second-order valence-corrected chi connectivity index (χ2v) is 5.77. The van der Waals surface area contributed by atoms with Crippen LogP contribution >= 0.6 is 0 Å². The molecular formula is C14H21NO4. The van der Waals surface area contributed by atoms with Gasteiger partial charge in [-0.05, 0) is 40.5 Å². The predicted octanol–water partition coefficient (Wildman–Crippen LogP) is 2.30. The van der Waals surface area contributed by atoms with Crippen molar-refractivity contribution in [2.45, 2.75) is 52.2 Å². The summed E-state index contributed by atoms with van der Waals surface area (Å²) in [5.41, 5.74) is -0.699. The lowest BCUT2D eigenvalue weighted by Crippen LogP contribution is -2.45. The molecule has 2 unspecified atom stereocenters. The lowest BCUT2D eigenvalue weighted by molar-refractivity contribution is -0.134. The maximum absolute atomic E-state index is 12.2. The Hall–Kier alpha value is -1.65. The molecule has 1 saturated heterocycles. The predicted molar refractivity (Wildman–Crippen MR) is 70.5 cm³/mol. The van der Waals surface area contributed by atoms with Gasteiger partial charge in [0, 0.05) is 5.92 Å². The Kier molecular flexibility index (Phi) is 4.50. The number of ketones is 1. The van der Waals surface area contributed by atoms with E-state index in [0.29, 0.717) is 12.8 Å². The number of allylic oxidation sites excluding steroid dienone is 1. The van der Waals surface area contributed by atoms with Crippen LogP contribution in [-0.2, 0) is 14.3 Å². The first-order chi connectivity index (χ1) is 8.67. The molecule has 2 atom stereocenters. The van der Waals surface area contributed by atoms with E-state index in [9.17, 15) is 14.4 Å². The number of imide groups is 1. The van der Waals surface area contributed by atoms with Crippen LogP contribution in [0.25, 0.3) is 0 Å². The van der Waals surface area contributed by atoms with Crippen molar-refractivity contribution in [3.05, 3.63) is 12.7 Å². The minimum atomic E-state index is -0.746. The normalized spacial score (nSPS) is 23.4. The third-order valence-electron chi connectivity index (χ3n) is 2.92. The Morgan fingerprint density at radius 2 is 2.05 bits per heavy atom. The molecule has 5 heteroatoms. The fraction of sp³-hybridized carbons (Fsp3) is 0.643. The molecule has 19 heavy (non-hydrogen) atoms. The molecule has 1 fully saturated rings. The monoisotopic (exact) mass is 267 g/mol. The molecule has 0 radical (unpaired) electrons. The number of rotatable bonds is 3. The van der Waals surface area contributed by atoms with Crippen LogP contribution in [0, 0.1) is 5.92 Å². The summed E-state index contributed by atoms with van der Waals surface area (Å²) in [4.78, 5) is 36.8. The summed E-state index contributed by atoms with van der Waals surface area (Å²) >= 11 is 0. The topological polar surface area (TPSA) is 63.7 Å². The molecule has 0 N–H and O–H groups in total. The zero-order valence-electron chi connectivity index (χ0n) is 11.9. The summed E-state index contributed by atoms with van der Waals surface area (Å²) < 4.78 is 5.19. The molecule has 1 aliphatic rings. The molecule has 0 aromatic carbocycles. The van der Waals surface area contributed by atoms with Crippen molar-refractivity contribution in [3.8, 4) is 0 Å². The Morgan fingerprint density at radius 3 is 2.47 bits per heavy atom. The van der Waals surface area contributed by atoms with E-state index in [0.717, 1.165) is 4.90 Å². The minimum Gasteiger partial charge on any atom is -0.443 e. The van der Waals surface area contributed by atoms with E-state index < -0.39 is 17.7 Å². The van der Waals surface area contributed by atoms with Gasteiger partial charge in [0.2, 0.25) is 5.91 Å². The van der Waals surface area contributed by atoms with Gasteiger partial charge in [-0.15, -0.1) is 6.58 Å². The molecule has 1 aliphatic heterocycles. The average Bonchev–Trinajstić information content (AvgIpc) is 2.54. The summed E-state index contributed by atoms with van der Waals surface area (Å²) in [6.07, 6.45) is 1.68. The van der Waals surface area contributed by atoms with E-state index in [2.05, 4.69) is 6.58 Å². The molecule has 0 aromatic heterocycles. The van der Waals surface area contributed by atoms with Crippen LogP contribution in [0.5, 0.6) is 0 Å². The van der Waals surface area contributed by atoms with Crippen molar-refractivity contribution < 1.29 is 19.1 Å². The van der Waals surface area contributed by atoms with Gasteiger partial charge in [-0.1, -0.05) is 6.08 Å². The van der Waals surface area contributed by atoms with Gasteiger partial charge >= 0.3 is 6.09 Å². The van der Waals surface area contributed by atoms with Gasteiger partial charge in [-0.25, -0.2) is 9.69 Å². The summed E-state index contributed by atoms with van der Waals surface area (Å²) in [7, 11) is 0. The minimum absolute atomic E-state index is 0.203. The van der Waals surface area contributed by atoms with E-state index in [4.69, 9.17) is 4.74 Å². The zero-order chi connectivity index (χ0) is 14.8. The van der Waals surface area contributed by atoms with E-state index in [1.54, 1.807) is 26.8 Å². The SMILES string of the molecule is C=CCC1CC(C(C)=O)N(C(=O)OC(C)(C)C)C1=O. The molecule has 1 rings (SSSR count). The fourth-order valence-electron chi connectivity index (χ4n) is 2.10. The van der Waals surface area contributed by atoms with Crippen molar-refractivity contribution in [1.29, 1.82) is 0 Å². The van der Waals surface area contributed by atoms with Crippen LogP contribution in [-0.4, -0.2) is 34.3 Å². The number of Topliss-reactive ketones (excluding diaryl/α,β-unsaturated/α-hetero) is 1. The summed E-state index contributed by atoms with van der Waals surface area (Å²) in [6.45, 7) is 10.1. The van der Waals surface area contributed by atoms with Crippen LogP contribution in [0.15, 0.2) is 12.7 Å². The number of likely N-dealkylation sites (tertiary alicyclic amines) is 1. The van der Waals surface area contributed by atoms with E-state index in [-0.39, 0.29) is 17.6 Å². The van der Waals surface area contributed by atoms with Crippen molar-refractivity contribution in [2.75, 3.05) is 0 Å². The van der Waals surface area contributed by atoms with Gasteiger partial charge < -0.3 is 4.74 Å². The lowest BCUT2D eigenvalue weighted by atomic mass is 10.00. The summed E-state index contributed by atoms with van der Waals surface area (Å²) in [6, 6.07) is -0.715. The highest BCUT2D eigenvalue weighted by Gasteiger charge is 2.46. The molecule has 0 spiro atoms. The zero-order valence-corrected chi connectivity index (χ0v) is 11.9. The van der Waals surface area contributed by atoms with Crippen LogP contribution < -0.4 is 0 Å². The molecule has 1 heterocycles. The first-order valence-corrected chi connectivity index (χ1v) is 6.34. The van der Waals surface area contributed by atoms with Crippen LogP contribution in [0.4, 0.5) is 4.79 Å². The quantitative estimate of drug-likeness (QED) is 0.736. The van der Waals surface area contributed by atoms with E-state index >= 15 is 0 Å². The Bertz CT molecular complexity index is 408. The van der Waals surface area contributed by atoms with Gasteiger partial charge in [0.15, 0.2) is 5.78 Å². The van der Waals surface area contributed by atoms with Crippen LogP contribution in [0.2, 0.25) is 0 Å². The molecule has 106 valence electrons. The number of carbonyl (C=O) groups is 3. The van der Waals surface area contributed by atoms with Gasteiger partial charge in [0.05, 0.1) is 0 Å². The first kappa shape index (κ1) is 15.4. The van der Waals surface area contributed by atoms with E-state index in [1.807, 2.05) is 0 Å². The number of nitrogens with zero attached hydrogens (tertiary/aromatic N) is 1. The third kappa shape index (κ3) is 3.66. The van der Waals surface area contributed by atoms with Crippen LogP contribution in [0.1, 0.15) is 40.5 Å². The fourth-order valence-corrected chi connectivity index (χ4v) is 2.10. The van der Waals surface area contributed by atoms with Crippen molar-refractivity contribution >= 4 is 17.8 Å². The maximum Gasteiger partial charge on any atom is 0.417 e. The number of carbonyl (C=O) groups excluding carboxylic acids is 3. The van der Waals surface area contributed by atoms with Gasteiger partial charge in [0.25, 0.3) is 0 Å². The van der Waals surface area contributed by atoms with E-state index in [1.165, 1.54) is 6.92 Å². The number of hydrogen-bond acceptors (Lipinski definition) is 4. The summed E-state index contributed by atoms with van der Waals surface area (Å²) in [5.74, 6) is -0.918. The number of hydrogen-bond donors (Lipinski definition) is 0. The smallest absolute Gasteiger partial charge is 0.417 e. The summed E-state index contributed by atoms with van der Waals surface area (Å²) in [5, 5.41) is 0. The third-order valence-corrected chi connectivity index (χ3v) is 2.92. The second-order valence-electron chi connectivity index (χ2n) is 5.77. The first-order valence-electron chi connectivity index (χ1n) is 6.34. The largest absolute Gasteiger partial charge is 0.443 e. The molecule has 0 bridgehead atoms. The maximum atomic E-state index is 12.2. The molecule has 5 nitrogen and oxygen atoms in total. The van der Waals surface area contributed by atoms with Gasteiger partial charge in [-0.3, -0.25) is 9.59 Å². The van der Waals surface area contributed by atoms with Gasteiger partial charge in [0.1, 0.15) is 11.6 Å². The van der Waals surface area contributed by atoms with Gasteiger partial charge in [-0.2, -0.15) is 0 Å². The molecule has 0 aliphatic carbocycles.